The lowest BCUT2D eigenvalue weighted by Crippen LogP contribution is -2.26. The lowest BCUT2D eigenvalue weighted by Gasteiger charge is -2.07. The van der Waals surface area contributed by atoms with E-state index in [0.717, 1.165) is 4.90 Å². The fraction of sp³-hybridized carbons (Fsp3) is 0.250. The van der Waals surface area contributed by atoms with Gasteiger partial charge in [-0.3, -0.25) is 0 Å². The molecule has 2 rings (SSSR count). The van der Waals surface area contributed by atoms with Gasteiger partial charge in [0, 0.05) is 11.4 Å². The Morgan fingerprint density at radius 3 is 2.43 bits per heavy atom. The minimum Gasteiger partial charge on any atom is -0.215 e. The third-order valence-corrected chi connectivity index (χ3v) is 5.43. The summed E-state index contributed by atoms with van der Waals surface area (Å²) in [4.78, 5) is 0.939. The zero-order chi connectivity index (χ0) is 16.7. The first-order chi connectivity index (χ1) is 10.9. The van der Waals surface area contributed by atoms with E-state index in [1.54, 1.807) is 18.2 Å². The molecule has 0 atom stereocenters. The van der Waals surface area contributed by atoms with Crippen LogP contribution in [0.3, 0.4) is 0 Å². The molecular formula is C16H17F2NO2S2. The molecule has 2 aromatic carbocycles. The Morgan fingerprint density at radius 2 is 1.74 bits per heavy atom. The Morgan fingerprint density at radius 1 is 1.00 bits per heavy atom. The smallest absolute Gasteiger partial charge is 0.215 e. The van der Waals surface area contributed by atoms with Crippen LogP contribution in [0.2, 0.25) is 0 Å². The van der Waals surface area contributed by atoms with Crippen molar-refractivity contribution in [3.63, 3.8) is 0 Å². The molecule has 0 aliphatic carbocycles. The maximum Gasteiger partial charge on any atom is 0.215 e. The molecule has 124 valence electrons. The van der Waals surface area contributed by atoms with Gasteiger partial charge in [0.15, 0.2) is 0 Å². The van der Waals surface area contributed by atoms with E-state index in [4.69, 9.17) is 0 Å². The standard InChI is InChI=1S/C16H17F2NO2S2/c17-14-5-7-16(8-6-14)22-10-2-9-19-23(20,21)12-13-3-1-4-15(18)11-13/h1,3-8,11,19H,2,9-10,12H2. The maximum atomic E-state index is 13.0. The molecule has 1 N–H and O–H groups in total. The van der Waals surface area contributed by atoms with Crippen molar-refractivity contribution in [2.45, 2.75) is 17.1 Å². The van der Waals surface area contributed by atoms with Gasteiger partial charge >= 0.3 is 0 Å². The van der Waals surface area contributed by atoms with Gasteiger partial charge in [-0.25, -0.2) is 21.9 Å². The van der Waals surface area contributed by atoms with Gasteiger partial charge < -0.3 is 0 Å². The molecule has 0 radical (unpaired) electrons. The second-order valence-electron chi connectivity index (χ2n) is 4.94. The summed E-state index contributed by atoms with van der Waals surface area (Å²) < 4.78 is 52.1. The summed E-state index contributed by atoms with van der Waals surface area (Å²) in [5.74, 6) is -0.253. The normalized spacial score (nSPS) is 11.6. The average Bonchev–Trinajstić information content (AvgIpc) is 2.48. The van der Waals surface area contributed by atoms with E-state index in [2.05, 4.69) is 4.72 Å². The quantitative estimate of drug-likeness (QED) is 0.580. The van der Waals surface area contributed by atoms with Crippen LogP contribution in [0.1, 0.15) is 12.0 Å². The van der Waals surface area contributed by atoms with Gasteiger partial charge in [-0.05, 0) is 54.1 Å². The molecule has 0 aliphatic heterocycles. The van der Waals surface area contributed by atoms with E-state index in [9.17, 15) is 17.2 Å². The van der Waals surface area contributed by atoms with Gasteiger partial charge in [-0.2, -0.15) is 0 Å². The number of hydrogen-bond acceptors (Lipinski definition) is 3. The summed E-state index contributed by atoms with van der Waals surface area (Å²) in [6, 6.07) is 11.7. The highest BCUT2D eigenvalue weighted by molar-refractivity contribution is 7.99. The van der Waals surface area contributed by atoms with Crippen LogP contribution in [-0.4, -0.2) is 20.7 Å². The molecule has 0 fully saturated rings. The zero-order valence-corrected chi connectivity index (χ0v) is 14.0. The summed E-state index contributed by atoms with van der Waals surface area (Å²) in [6.07, 6.45) is 0.643. The van der Waals surface area contributed by atoms with E-state index >= 15 is 0 Å². The molecule has 0 aliphatic rings. The van der Waals surface area contributed by atoms with Gasteiger partial charge in [-0.15, -0.1) is 11.8 Å². The number of halogens is 2. The first kappa shape index (κ1) is 17.9. The summed E-state index contributed by atoms with van der Waals surface area (Å²) >= 11 is 1.53. The number of nitrogens with one attached hydrogen (secondary N) is 1. The van der Waals surface area contributed by atoms with Crippen molar-refractivity contribution in [3.8, 4) is 0 Å². The van der Waals surface area contributed by atoms with Crippen LogP contribution in [0.15, 0.2) is 53.4 Å². The van der Waals surface area contributed by atoms with Crippen molar-refractivity contribution in [2.24, 2.45) is 0 Å². The van der Waals surface area contributed by atoms with Crippen molar-refractivity contribution in [1.29, 1.82) is 0 Å². The van der Waals surface area contributed by atoms with Crippen molar-refractivity contribution >= 4 is 21.8 Å². The SMILES string of the molecule is O=S(=O)(Cc1cccc(F)c1)NCCCSc1ccc(F)cc1. The number of hydrogen-bond donors (Lipinski definition) is 1. The van der Waals surface area contributed by atoms with Crippen LogP contribution >= 0.6 is 11.8 Å². The first-order valence-electron chi connectivity index (χ1n) is 7.05. The van der Waals surface area contributed by atoms with Gasteiger partial charge in [0.25, 0.3) is 0 Å². The lowest BCUT2D eigenvalue weighted by atomic mass is 10.2. The molecule has 0 heterocycles. The fourth-order valence-electron chi connectivity index (χ4n) is 1.92. The minimum absolute atomic E-state index is 0.240. The number of benzene rings is 2. The van der Waals surface area contributed by atoms with Crippen LogP contribution in [0, 0.1) is 11.6 Å². The Bertz CT molecular complexity index is 734. The second kappa shape index (κ2) is 8.42. The lowest BCUT2D eigenvalue weighted by molar-refractivity contribution is 0.579. The van der Waals surface area contributed by atoms with E-state index < -0.39 is 15.8 Å². The van der Waals surface area contributed by atoms with Crippen LogP contribution in [0.25, 0.3) is 0 Å². The van der Waals surface area contributed by atoms with Crippen molar-refractivity contribution in [3.05, 3.63) is 65.7 Å². The second-order valence-corrected chi connectivity index (χ2v) is 7.91. The number of sulfonamides is 1. The molecule has 3 nitrogen and oxygen atoms in total. The highest BCUT2D eigenvalue weighted by atomic mass is 32.2. The van der Waals surface area contributed by atoms with Gasteiger partial charge in [0.05, 0.1) is 5.75 Å². The third-order valence-electron chi connectivity index (χ3n) is 2.97. The third kappa shape index (κ3) is 6.68. The molecule has 0 saturated heterocycles. The Hall–Kier alpha value is -1.44. The van der Waals surface area contributed by atoms with Crippen molar-refractivity contribution in [2.75, 3.05) is 12.3 Å². The molecule has 0 spiro atoms. The first-order valence-corrected chi connectivity index (χ1v) is 9.68. The molecule has 0 saturated carbocycles. The number of thioether (sulfide) groups is 1. The molecular weight excluding hydrogens is 340 g/mol. The zero-order valence-electron chi connectivity index (χ0n) is 12.3. The molecule has 0 aromatic heterocycles. The highest BCUT2D eigenvalue weighted by Gasteiger charge is 2.11. The fourth-order valence-corrected chi connectivity index (χ4v) is 3.95. The highest BCUT2D eigenvalue weighted by Crippen LogP contribution is 2.18. The van der Waals surface area contributed by atoms with Crippen LogP contribution in [0.5, 0.6) is 0 Å². The average molecular weight is 357 g/mol. The summed E-state index contributed by atoms with van der Waals surface area (Å²) in [5.41, 5.74) is 0.415. The molecule has 2 aromatic rings. The Balaban J connectivity index is 1.71. The van der Waals surface area contributed by atoms with E-state index in [0.29, 0.717) is 24.3 Å². The Labute approximate surface area is 139 Å². The van der Waals surface area contributed by atoms with Crippen LogP contribution in [-0.2, 0) is 15.8 Å². The van der Waals surface area contributed by atoms with E-state index in [1.165, 1.54) is 42.1 Å². The van der Waals surface area contributed by atoms with Crippen molar-refractivity contribution in [1.82, 2.24) is 4.72 Å². The van der Waals surface area contributed by atoms with Gasteiger partial charge in [-0.1, -0.05) is 12.1 Å². The predicted octanol–water partition coefficient (Wildman–Crippen LogP) is 3.57. The topological polar surface area (TPSA) is 46.2 Å². The van der Waals surface area contributed by atoms with Gasteiger partial charge in [0.1, 0.15) is 11.6 Å². The maximum absolute atomic E-state index is 13.0. The largest absolute Gasteiger partial charge is 0.215 e. The number of rotatable bonds is 8. The van der Waals surface area contributed by atoms with E-state index in [1.807, 2.05) is 0 Å². The molecule has 7 heteroatoms. The monoisotopic (exact) mass is 357 g/mol. The molecule has 0 bridgehead atoms. The van der Waals surface area contributed by atoms with Crippen LogP contribution in [0.4, 0.5) is 8.78 Å². The molecule has 23 heavy (non-hydrogen) atoms. The minimum atomic E-state index is -3.48. The van der Waals surface area contributed by atoms with Crippen LogP contribution < -0.4 is 4.72 Å². The van der Waals surface area contributed by atoms with Gasteiger partial charge in [0.2, 0.25) is 10.0 Å². The molecule has 0 unspecified atom stereocenters. The Kier molecular flexibility index (Phi) is 6.56. The molecule has 0 amide bonds. The van der Waals surface area contributed by atoms with E-state index in [-0.39, 0.29) is 11.6 Å². The van der Waals surface area contributed by atoms with Crippen molar-refractivity contribution < 1.29 is 17.2 Å². The summed E-state index contributed by atoms with van der Waals surface area (Å²) in [7, 11) is -3.48. The predicted molar refractivity (Wildman–Crippen MR) is 88.8 cm³/mol. The summed E-state index contributed by atoms with van der Waals surface area (Å²) in [5, 5.41) is 0. The summed E-state index contributed by atoms with van der Waals surface area (Å²) in [6.45, 7) is 0.311.